The Morgan fingerprint density at radius 1 is 0.484 bits per heavy atom. The van der Waals surface area contributed by atoms with Crippen molar-refractivity contribution < 1.29 is 157 Å². The number of fused-ring (bicyclic) bond motifs is 1. The molecule has 4 aliphatic rings. The Balaban J connectivity index is 0.000000722. The SMILES string of the molecule is C=COCCCC.CCO.COC(=O)c1cc(Br)c(O)c(C(=O)CC(=O)N2CCOCC2)c1.COC(=O)c1cc(Br)c(O)c(C(C)=O)c1.COC(=O)c1cc(Br)c2oc(N3CCOCC3)cc(=O)c2c1.COC(=O)c1ccc(O)c(Br)c1.COC(=O)c1ccc(O)c(C(C)=O)c1.COC(=O)c1ccc(O)cc1.ClC(Cl)=[N+]1CCOCC1.O=C(Cl)N1CCOCC1.[Cl-]. The van der Waals surface area contributed by atoms with E-state index in [1.807, 2.05) is 9.48 Å². The van der Waals surface area contributed by atoms with Gasteiger partial charge in [-0.1, -0.05) is 19.9 Å². The number of phenolic OH excluding ortho intramolecular Hbond substituents is 5. The number of ether oxygens (including phenoxy) is 11. The summed E-state index contributed by atoms with van der Waals surface area (Å²) < 4.78 is 62.1. The van der Waals surface area contributed by atoms with Crippen LogP contribution in [0.1, 0.15) is 140 Å². The number of methoxy groups -OCH3 is 6. The minimum Gasteiger partial charge on any atom is -1.00 e. The van der Waals surface area contributed by atoms with Gasteiger partial charge in [0.15, 0.2) is 47.3 Å². The summed E-state index contributed by atoms with van der Waals surface area (Å²) in [6, 6.07) is 24.1. The van der Waals surface area contributed by atoms with Crippen molar-refractivity contribution >= 4 is 184 Å². The number of aromatic hydroxyl groups is 5. The fourth-order valence-corrected chi connectivity index (χ4v) is 12.3. The van der Waals surface area contributed by atoms with Crippen LogP contribution in [0.2, 0.25) is 0 Å². The molecule has 0 saturated carbocycles. The Bertz CT molecular complexity index is 4860. The van der Waals surface area contributed by atoms with E-state index in [0.29, 0.717) is 126 Å². The number of phenols is 5. The molecule has 5 heterocycles. The monoisotopic (exact) mass is 2100 g/mol. The minimum atomic E-state index is -0.640. The number of halogens is 8. The van der Waals surface area contributed by atoms with E-state index < -0.39 is 41.6 Å². The van der Waals surface area contributed by atoms with Crippen LogP contribution in [0.5, 0.6) is 28.7 Å². The first kappa shape index (κ1) is 114. The molecule has 11 rings (SSSR count). The number of aliphatic hydroxyl groups is 1. The number of unbranched alkanes of at least 4 members (excludes halogenated alkanes) is 1. The molecule has 0 atom stereocenters. The number of anilines is 1. The molecule has 1 aromatic heterocycles. The van der Waals surface area contributed by atoms with Crippen LogP contribution in [0.3, 0.4) is 0 Å². The summed E-state index contributed by atoms with van der Waals surface area (Å²) in [5.41, 5.74) is 2.04. The second-order valence-electron chi connectivity index (χ2n) is 25.1. The van der Waals surface area contributed by atoms with Crippen LogP contribution in [-0.4, -0.2) is 275 Å². The molecular formula is C84H98Br4Cl4N4O30. The largest absolute Gasteiger partial charge is 1.00 e. The first-order valence-corrected chi connectivity index (χ1v) is 41.7. The summed E-state index contributed by atoms with van der Waals surface area (Å²) in [5, 5.41) is 54.3. The average Bonchev–Trinajstić information content (AvgIpc) is 0.775. The Hall–Kier alpha value is -9.81. The Morgan fingerprint density at radius 3 is 1.29 bits per heavy atom. The first-order chi connectivity index (χ1) is 59.4. The number of carbonyl (C=O) groups excluding carboxylic acids is 11. The highest BCUT2D eigenvalue weighted by Crippen LogP contribution is 2.34. The van der Waals surface area contributed by atoms with Crippen molar-refractivity contribution in [3.63, 3.8) is 0 Å². The Labute approximate surface area is 781 Å². The molecule has 0 spiro atoms. The highest BCUT2D eigenvalue weighted by Gasteiger charge is 2.26. The van der Waals surface area contributed by atoms with Crippen LogP contribution in [0.15, 0.2) is 143 Å². The van der Waals surface area contributed by atoms with Crippen LogP contribution in [0, 0.1) is 0 Å². The highest BCUT2D eigenvalue weighted by molar-refractivity contribution is 9.11. The van der Waals surface area contributed by atoms with E-state index in [-0.39, 0.29) is 125 Å². The average molecular weight is 2110 g/mol. The maximum absolute atomic E-state index is 12.4. The zero-order valence-electron chi connectivity index (χ0n) is 70.2. The van der Waals surface area contributed by atoms with Gasteiger partial charge in [-0.2, -0.15) is 0 Å². The fourth-order valence-electron chi connectivity index (χ4n) is 10.00. The summed E-state index contributed by atoms with van der Waals surface area (Å²) >= 11 is 28.8. The molecule has 42 heteroatoms. The first-order valence-electron chi connectivity index (χ1n) is 37.4. The van der Waals surface area contributed by atoms with Crippen molar-refractivity contribution in [3.8, 4) is 28.7 Å². The third kappa shape index (κ3) is 40.4. The molecular weight excluding hydrogens is 2010 g/mol. The molecule has 34 nitrogen and oxygen atoms in total. The van der Waals surface area contributed by atoms with Gasteiger partial charge in [0.25, 0.3) is 0 Å². The molecule has 2 amide bonds. The molecule has 0 radical (unpaired) electrons. The Kier molecular flexibility index (Phi) is 56.5. The number of esters is 6. The van der Waals surface area contributed by atoms with E-state index >= 15 is 0 Å². The van der Waals surface area contributed by atoms with Crippen LogP contribution in [0.25, 0.3) is 11.0 Å². The van der Waals surface area contributed by atoms with Gasteiger partial charge in [-0.05, 0) is 200 Å². The second kappa shape index (κ2) is 62.4. The lowest BCUT2D eigenvalue weighted by atomic mass is 10.0. The van der Waals surface area contributed by atoms with Gasteiger partial charge in [0.1, 0.15) is 42.0 Å². The predicted molar refractivity (Wildman–Crippen MR) is 476 cm³/mol. The number of aliphatic hydroxyl groups excluding tert-OH is 1. The summed E-state index contributed by atoms with van der Waals surface area (Å²) in [6.45, 7) is 20.8. The zero-order valence-corrected chi connectivity index (χ0v) is 79.6. The van der Waals surface area contributed by atoms with Gasteiger partial charge in [0.05, 0.1) is 175 Å². The number of nitrogens with zero attached hydrogens (tertiary/aromatic N) is 4. The van der Waals surface area contributed by atoms with Crippen molar-refractivity contribution in [1.82, 2.24) is 9.80 Å². The van der Waals surface area contributed by atoms with Crippen LogP contribution < -0.4 is 22.7 Å². The van der Waals surface area contributed by atoms with E-state index in [1.54, 1.807) is 17.9 Å². The molecule has 6 aromatic carbocycles. The van der Waals surface area contributed by atoms with Gasteiger partial charge in [-0.15, -0.1) is 0 Å². The molecule has 7 aromatic rings. The molecule has 4 aliphatic heterocycles. The molecule has 690 valence electrons. The van der Waals surface area contributed by atoms with Gasteiger partial charge >= 0.3 is 45.8 Å². The summed E-state index contributed by atoms with van der Waals surface area (Å²) in [7, 11) is 7.63. The summed E-state index contributed by atoms with van der Waals surface area (Å²) in [5.74, 6) is -4.44. The summed E-state index contributed by atoms with van der Waals surface area (Å²) in [6.07, 6.45) is 3.42. The van der Waals surface area contributed by atoms with E-state index in [1.165, 1.54) is 171 Å². The molecule has 0 aliphatic carbocycles. The van der Waals surface area contributed by atoms with Gasteiger partial charge in [-0.3, -0.25) is 28.8 Å². The van der Waals surface area contributed by atoms with Crippen molar-refractivity contribution in [1.29, 1.82) is 0 Å². The topological polar surface area (TPSA) is 454 Å². The van der Waals surface area contributed by atoms with Gasteiger partial charge in [0, 0.05) is 75.1 Å². The lowest BCUT2D eigenvalue weighted by Crippen LogP contribution is -3.00. The van der Waals surface area contributed by atoms with Gasteiger partial charge < -0.3 is 114 Å². The van der Waals surface area contributed by atoms with Gasteiger partial charge in [0.2, 0.25) is 5.91 Å². The van der Waals surface area contributed by atoms with Gasteiger partial charge in [-0.25, -0.2) is 33.3 Å². The summed E-state index contributed by atoms with van der Waals surface area (Å²) in [4.78, 5) is 142. The smallest absolute Gasteiger partial charge is 0.341 e. The van der Waals surface area contributed by atoms with E-state index in [4.69, 9.17) is 78.2 Å². The lowest BCUT2D eigenvalue weighted by molar-refractivity contribution is -0.545. The number of ketones is 3. The number of amides is 2. The quantitative estimate of drug-likeness (QED) is 0.00602. The number of Topliss-reactive ketones (excluding diaryl/α,β-unsaturated/α-hetero) is 3. The highest BCUT2D eigenvalue weighted by atomic mass is 79.9. The lowest BCUT2D eigenvalue weighted by Gasteiger charge is -2.27. The van der Waals surface area contributed by atoms with Crippen molar-refractivity contribution in [2.24, 2.45) is 0 Å². The number of hydrogen-bond acceptors (Lipinski definition) is 31. The third-order valence-corrected chi connectivity index (χ3v) is 19.7. The molecule has 0 bridgehead atoms. The van der Waals surface area contributed by atoms with Crippen LogP contribution in [0.4, 0.5) is 10.7 Å². The number of hydrogen-bond donors (Lipinski definition) is 6. The maximum atomic E-state index is 12.4. The van der Waals surface area contributed by atoms with E-state index in [2.05, 4.69) is 106 Å². The second-order valence-corrected chi connectivity index (χ2v) is 29.7. The fraction of sp³-hybridized carbons (Fsp3) is 0.369. The third-order valence-electron chi connectivity index (χ3n) is 16.5. The normalized spacial score (nSPS) is 12.7. The minimum absolute atomic E-state index is 0. The molecule has 0 unspecified atom stereocenters. The van der Waals surface area contributed by atoms with Crippen LogP contribution >= 0.6 is 98.5 Å². The van der Waals surface area contributed by atoms with Crippen molar-refractivity contribution in [2.45, 2.75) is 47.0 Å². The number of rotatable bonds is 16. The molecule has 6 N–H and O–H groups in total. The molecule has 4 saturated heterocycles. The molecule has 4 fully saturated rings. The van der Waals surface area contributed by atoms with E-state index in [9.17, 15) is 72.9 Å². The standard InChI is InChI=1S/C15H16BrNO6.C15H14BrNO5.C10H9BrO4.C10H10O4.C8H7BrO3.C8H8O3.C6H12O.C5H8Cl2NO.C5H8ClNO2.C2H6O.ClH/c1-22-15(21)9-6-10(14(20)11(16)7-9)12(18)8-13(19)17-2-4-23-5-3-17;1-20-15(19)9-6-10-12(18)8-13(17-2-4-21-5-3-17)22-14(10)11(16)7-9;1-5(12)7-3-6(10(14)15-2)4-8(11)9(7)13;1-6(11)8-5-7(10(13)14-2)3-4-9(8)12;1-12-8(11)5-2-3-7(10)6(9)4-5;1-11-8(10)6-2-4-7(9)5-3-6;1-3-5-6-7-4-2;6-5(7)8-1-3-9-4-2-8;6-5(8)7-1-3-9-4-2-7;1-2-3;/h6-7,20H,2-5,8H2,1H3;6-8H,2-5H2,1H3;3-4,13H,1-2H3;3-5,12H,1-2H3;2-4,10H,1H3;2-5,9H,1H3;4H,2-3,5-6H2,1H3;2*1-4H2;3H,2H2,1H3;1H/q;;;;;;;+1;;;/p-1. The number of carbonyl (C=O) groups is 11. The van der Waals surface area contributed by atoms with E-state index in [0.717, 1.165) is 39.3 Å². The molecule has 126 heavy (non-hydrogen) atoms. The zero-order chi connectivity index (χ0) is 94.0. The number of benzene rings is 6. The van der Waals surface area contributed by atoms with Crippen LogP contribution in [-0.2, 0) is 56.9 Å². The van der Waals surface area contributed by atoms with Crippen molar-refractivity contribution in [2.75, 3.05) is 166 Å². The predicted octanol–water partition coefficient (Wildman–Crippen LogP) is 10.7. The maximum Gasteiger partial charge on any atom is 0.341 e. The number of morpholine rings is 4. The Morgan fingerprint density at radius 2 is 0.865 bits per heavy atom. The van der Waals surface area contributed by atoms with Crippen molar-refractivity contribution in [3.05, 3.63) is 194 Å².